The highest BCUT2D eigenvalue weighted by Gasteiger charge is 2.23. The number of nitrogens with one attached hydrogen (secondary N) is 1. The number of aromatic nitrogens is 4. The maximum Gasteiger partial charge on any atom is 0.338 e. The fraction of sp³-hybridized carbons (Fsp3) is 0.308. The van der Waals surface area contributed by atoms with Crippen molar-refractivity contribution in [1.29, 1.82) is 0 Å². The van der Waals surface area contributed by atoms with E-state index in [1.807, 2.05) is 0 Å². The van der Waals surface area contributed by atoms with Gasteiger partial charge < -0.3 is 10.1 Å². The van der Waals surface area contributed by atoms with Gasteiger partial charge in [-0.1, -0.05) is 6.07 Å². The van der Waals surface area contributed by atoms with Gasteiger partial charge in [-0.3, -0.25) is 4.79 Å². The molecule has 108 valence electrons. The highest BCUT2D eigenvalue weighted by molar-refractivity contribution is 5.91. The number of rotatable bonds is 5. The molecule has 3 rings (SSSR count). The largest absolute Gasteiger partial charge is 0.452 e. The molecule has 0 atom stereocenters. The molecule has 1 aromatic heterocycles. The third-order valence-electron chi connectivity index (χ3n) is 2.97. The second kappa shape index (κ2) is 5.70. The van der Waals surface area contributed by atoms with Crippen LogP contribution in [0.15, 0.2) is 30.6 Å². The van der Waals surface area contributed by atoms with Gasteiger partial charge in [0.15, 0.2) is 6.61 Å². The molecule has 1 aliphatic rings. The summed E-state index contributed by atoms with van der Waals surface area (Å²) >= 11 is 0. The summed E-state index contributed by atoms with van der Waals surface area (Å²) in [7, 11) is 0. The fourth-order valence-electron chi connectivity index (χ4n) is 1.77. The Morgan fingerprint density at radius 2 is 2.24 bits per heavy atom. The van der Waals surface area contributed by atoms with Crippen LogP contribution in [0.1, 0.15) is 23.2 Å². The second-order valence-electron chi connectivity index (χ2n) is 4.72. The molecule has 0 unspecified atom stereocenters. The highest BCUT2D eigenvalue weighted by atomic mass is 16.5. The molecule has 1 aromatic carbocycles. The molecular weight excluding hydrogens is 274 g/mol. The van der Waals surface area contributed by atoms with Crippen molar-refractivity contribution in [2.75, 3.05) is 6.61 Å². The highest BCUT2D eigenvalue weighted by Crippen LogP contribution is 2.18. The van der Waals surface area contributed by atoms with Gasteiger partial charge in [0, 0.05) is 6.04 Å². The second-order valence-corrected chi connectivity index (χ2v) is 4.72. The quantitative estimate of drug-likeness (QED) is 0.783. The van der Waals surface area contributed by atoms with E-state index in [1.165, 1.54) is 11.0 Å². The van der Waals surface area contributed by atoms with E-state index in [1.54, 1.807) is 24.3 Å². The first-order chi connectivity index (χ1) is 10.2. The molecular formula is C13H13N5O3. The van der Waals surface area contributed by atoms with Gasteiger partial charge in [0.2, 0.25) is 0 Å². The van der Waals surface area contributed by atoms with Crippen LogP contribution in [0.5, 0.6) is 0 Å². The Bertz CT molecular complexity index is 652. The van der Waals surface area contributed by atoms with Gasteiger partial charge in [0.25, 0.3) is 5.91 Å². The van der Waals surface area contributed by atoms with Gasteiger partial charge in [-0.25, -0.2) is 9.48 Å². The van der Waals surface area contributed by atoms with Crippen LogP contribution in [0.3, 0.4) is 0 Å². The van der Waals surface area contributed by atoms with Gasteiger partial charge in [-0.15, -0.1) is 5.10 Å². The summed E-state index contributed by atoms with van der Waals surface area (Å²) in [6.07, 6.45) is 3.41. The molecule has 8 heteroatoms. The Kier molecular flexibility index (Phi) is 3.59. The van der Waals surface area contributed by atoms with Crippen LogP contribution in [0.4, 0.5) is 0 Å². The number of carbonyl (C=O) groups is 2. The first kappa shape index (κ1) is 13.2. The summed E-state index contributed by atoms with van der Waals surface area (Å²) in [6.45, 7) is -0.273. The number of ether oxygens (including phenoxy) is 1. The molecule has 1 N–H and O–H groups in total. The van der Waals surface area contributed by atoms with Crippen molar-refractivity contribution in [3.8, 4) is 5.69 Å². The number of nitrogens with zero attached hydrogens (tertiary/aromatic N) is 4. The number of hydrogen-bond donors (Lipinski definition) is 1. The van der Waals surface area contributed by atoms with Crippen molar-refractivity contribution in [2.24, 2.45) is 0 Å². The minimum atomic E-state index is -0.559. The van der Waals surface area contributed by atoms with Gasteiger partial charge in [-0.2, -0.15) is 0 Å². The normalized spacial score (nSPS) is 13.7. The first-order valence-electron chi connectivity index (χ1n) is 6.52. The molecule has 0 spiro atoms. The topological polar surface area (TPSA) is 99.0 Å². The number of benzene rings is 1. The maximum absolute atomic E-state index is 11.9. The van der Waals surface area contributed by atoms with Crippen molar-refractivity contribution in [3.05, 3.63) is 36.2 Å². The average molecular weight is 287 g/mol. The van der Waals surface area contributed by atoms with Crippen LogP contribution in [-0.4, -0.2) is 44.7 Å². The smallest absolute Gasteiger partial charge is 0.338 e. The number of carbonyl (C=O) groups excluding carboxylic acids is 2. The molecule has 2 aromatic rings. The molecule has 0 bridgehead atoms. The van der Waals surface area contributed by atoms with Gasteiger partial charge in [0.1, 0.15) is 6.33 Å². The number of hydrogen-bond acceptors (Lipinski definition) is 6. The van der Waals surface area contributed by atoms with Crippen LogP contribution >= 0.6 is 0 Å². The lowest BCUT2D eigenvalue weighted by atomic mass is 10.2. The molecule has 1 saturated carbocycles. The van der Waals surface area contributed by atoms with Crippen molar-refractivity contribution >= 4 is 11.9 Å². The van der Waals surface area contributed by atoms with E-state index in [2.05, 4.69) is 20.8 Å². The molecule has 1 heterocycles. The van der Waals surface area contributed by atoms with Crippen LogP contribution in [0.25, 0.3) is 5.69 Å². The van der Waals surface area contributed by atoms with Crippen LogP contribution < -0.4 is 5.32 Å². The van der Waals surface area contributed by atoms with Crippen molar-refractivity contribution in [2.45, 2.75) is 18.9 Å². The third kappa shape index (κ3) is 3.41. The average Bonchev–Trinajstić information content (AvgIpc) is 3.14. The lowest BCUT2D eigenvalue weighted by Crippen LogP contribution is -2.30. The van der Waals surface area contributed by atoms with Gasteiger partial charge in [0.05, 0.1) is 11.3 Å². The molecule has 8 nitrogen and oxygen atoms in total. The van der Waals surface area contributed by atoms with E-state index < -0.39 is 5.97 Å². The minimum Gasteiger partial charge on any atom is -0.452 e. The lowest BCUT2D eigenvalue weighted by molar-refractivity contribution is -0.124. The van der Waals surface area contributed by atoms with Crippen LogP contribution in [0.2, 0.25) is 0 Å². The summed E-state index contributed by atoms with van der Waals surface area (Å²) in [5, 5.41) is 13.5. The summed E-state index contributed by atoms with van der Waals surface area (Å²) in [4.78, 5) is 23.4. The predicted molar refractivity (Wildman–Crippen MR) is 70.6 cm³/mol. The van der Waals surface area contributed by atoms with E-state index in [0.717, 1.165) is 12.8 Å². The van der Waals surface area contributed by atoms with Crippen molar-refractivity contribution < 1.29 is 14.3 Å². The molecule has 0 aliphatic heterocycles. The van der Waals surface area contributed by atoms with E-state index in [-0.39, 0.29) is 18.6 Å². The summed E-state index contributed by atoms with van der Waals surface area (Å²) in [5.74, 6) is -0.835. The maximum atomic E-state index is 11.9. The monoisotopic (exact) mass is 287 g/mol. The number of tetrazole rings is 1. The Labute approximate surface area is 120 Å². The van der Waals surface area contributed by atoms with Crippen molar-refractivity contribution in [1.82, 2.24) is 25.5 Å². The van der Waals surface area contributed by atoms with E-state index >= 15 is 0 Å². The first-order valence-corrected chi connectivity index (χ1v) is 6.52. The van der Waals surface area contributed by atoms with E-state index in [0.29, 0.717) is 11.3 Å². The van der Waals surface area contributed by atoms with Gasteiger partial charge in [-0.05, 0) is 41.5 Å². The molecule has 1 amide bonds. The van der Waals surface area contributed by atoms with Crippen molar-refractivity contribution in [3.63, 3.8) is 0 Å². The Morgan fingerprint density at radius 1 is 1.38 bits per heavy atom. The summed E-state index contributed by atoms with van der Waals surface area (Å²) in [6, 6.07) is 6.90. The minimum absolute atomic E-state index is 0.249. The summed E-state index contributed by atoms with van der Waals surface area (Å²) in [5.41, 5.74) is 0.971. The predicted octanol–water partition coefficient (Wildman–Crippen LogP) is 0.0977. The summed E-state index contributed by atoms with van der Waals surface area (Å²) < 4.78 is 6.41. The fourth-order valence-corrected chi connectivity index (χ4v) is 1.77. The molecule has 1 fully saturated rings. The number of amides is 1. The molecule has 1 aliphatic carbocycles. The zero-order chi connectivity index (χ0) is 14.7. The van der Waals surface area contributed by atoms with Gasteiger partial charge >= 0.3 is 5.97 Å². The molecule has 0 radical (unpaired) electrons. The number of esters is 1. The zero-order valence-corrected chi connectivity index (χ0v) is 11.1. The van der Waals surface area contributed by atoms with Crippen LogP contribution in [-0.2, 0) is 9.53 Å². The Balaban J connectivity index is 1.61. The van der Waals surface area contributed by atoms with E-state index in [9.17, 15) is 9.59 Å². The third-order valence-corrected chi connectivity index (χ3v) is 2.97. The lowest BCUT2D eigenvalue weighted by Gasteiger charge is -2.06. The van der Waals surface area contributed by atoms with Crippen LogP contribution in [0, 0.1) is 0 Å². The standard InChI is InChI=1S/C13H13N5O3/c19-12(15-10-4-5-10)7-21-13(20)9-2-1-3-11(6-9)18-8-14-16-17-18/h1-3,6,8,10H,4-5,7H2,(H,15,19). The Hall–Kier alpha value is -2.77. The molecule has 0 saturated heterocycles. The SMILES string of the molecule is O=C(COC(=O)c1cccc(-n2cnnn2)c1)NC1CC1. The Morgan fingerprint density at radius 3 is 2.95 bits per heavy atom. The zero-order valence-electron chi connectivity index (χ0n) is 11.1. The van der Waals surface area contributed by atoms with E-state index in [4.69, 9.17) is 4.74 Å². The molecule has 21 heavy (non-hydrogen) atoms.